The van der Waals surface area contributed by atoms with E-state index in [9.17, 15) is 4.79 Å². The van der Waals surface area contributed by atoms with Crippen LogP contribution in [0.3, 0.4) is 0 Å². The van der Waals surface area contributed by atoms with E-state index >= 15 is 0 Å². The van der Waals surface area contributed by atoms with Crippen molar-refractivity contribution in [2.24, 2.45) is 0 Å². The van der Waals surface area contributed by atoms with Gasteiger partial charge in [0, 0.05) is 36.6 Å². The highest BCUT2D eigenvalue weighted by Gasteiger charge is 2.21. The third-order valence-corrected chi connectivity index (χ3v) is 5.73. The van der Waals surface area contributed by atoms with Crippen molar-refractivity contribution < 1.29 is 4.79 Å². The fourth-order valence-corrected chi connectivity index (χ4v) is 4.14. The number of amides is 1. The van der Waals surface area contributed by atoms with Crippen LogP contribution < -0.4 is 5.32 Å². The predicted molar refractivity (Wildman–Crippen MR) is 94.3 cm³/mol. The summed E-state index contributed by atoms with van der Waals surface area (Å²) in [6, 6.07) is 4.58. The van der Waals surface area contributed by atoms with Crippen molar-refractivity contribution in [3.05, 3.63) is 50.4 Å². The van der Waals surface area contributed by atoms with Gasteiger partial charge in [0.15, 0.2) is 0 Å². The van der Waals surface area contributed by atoms with Crippen LogP contribution >= 0.6 is 22.7 Å². The topological polar surface area (TPSA) is 32.3 Å². The summed E-state index contributed by atoms with van der Waals surface area (Å²) in [6.45, 7) is 4.95. The maximum atomic E-state index is 11.9. The van der Waals surface area contributed by atoms with Gasteiger partial charge in [0.1, 0.15) is 0 Å². The molecule has 1 N–H and O–H groups in total. The van der Waals surface area contributed by atoms with Crippen LogP contribution in [0.1, 0.15) is 22.9 Å². The summed E-state index contributed by atoms with van der Waals surface area (Å²) in [7, 11) is 0. The van der Waals surface area contributed by atoms with Gasteiger partial charge < -0.3 is 5.32 Å². The largest absolute Gasteiger partial charge is 0.351 e. The Kier molecular flexibility index (Phi) is 5.08. The second-order valence-electron chi connectivity index (χ2n) is 5.57. The van der Waals surface area contributed by atoms with Crippen LogP contribution in [-0.2, 0) is 17.8 Å². The number of fused-ring (bicyclic) bond motifs is 1. The molecular weight excluding hydrogens is 312 g/mol. The molecule has 2 aromatic rings. The average Bonchev–Trinajstić information content (AvgIpc) is 3.20. The SMILES string of the molecule is C[C@H](CNC(=O)/C=C/c1ccsc1)N1CCc2sccc2C1. The molecule has 0 saturated heterocycles. The van der Waals surface area contributed by atoms with Crippen LogP contribution in [-0.4, -0.2) is 29.9 Å². The molecule has 22 heavy (non-hydrogen) atoms. The Balaban J connectivity index is 1.46. The van der Waals surface area contributed by atoms with Crippen LogP contribution in [0.15, 0.2) is 34.3 Å². The molecule has 2 aromatic heterocycles. The van der Waals surface area contributed by atoms with Crippen LogP contribution in [0.25, 0.3) is 6.08 Å². The summed E-state index contributed by atoms with van der Waals surface area (Å²) < 4.78 is 0. The van der Waals surface area contributed by atoms with Gasteiger partial charge in [-0.1, -0.05) is 0 Å². The number of carbonyl (C=O) groups is 1. The minimum Gasteiger partial charge on any atom is -0.351 e. The Morgan fingerprint density at radius 2 is 2.36 bits per heavy atom. The molecule has 116 valence electrons. The van der Waals surface area contributed by atoms with Gasteiger partial charge in [-0.15, -0.1) is 11.3 Å². The zero-order valence-corrected chi connectivity index (χ0v) is 14.3. The average molecular weight is 332 g/mol. The van der Waals surface area contributed by atoms with Gasteiger partial charge in [0.05, 0.1) is 0 Å². The van der Waals surface area contributed by atoms with Crippen molar-refractivity contribution in [1.29, 1.82) is 0 Å². The van der Waals surface area contributed by atoms with Crippen molar-refractivity contribution in [2.45, 2.75) is 25.9 Å². The predicted octanol–water partition coefficient (Wildman–Crippen LogP) is 3.39. The quantitative estimate of drug-likeness (QED) is 0.851. The van der Waals surface area contributed by atoms with E-state index in [1.165, 1.54) is 10.4 Å². The first-order valence-corrected chi connectivity index (χ1v) is 9.32. The van der Waals surface area contributed by atoms with Crippen LogP contribution in [0.5, 0.6) is 0 Å². The van der Waals surface area contributed by atoms with E-state index in [0.717, 1.165) is 25.1 Å². The van der Waals surface area contributed by atoms with Gasteiger partial charge in [-0.25, -0.2) is 0 Å². The van der Waals surface area contributed by atoms with Gasteiger partial charge in [-0.2, -0.15) is 11.3 Å². The maximum Gasteiger partial charge on any atom is 0.244 e. The number of nitrogens with zero attached hydrogens (tertiary/aromatic N) is 1. The maximum absolute atomic E-state index is 11.9. The monoisotopic (exact) mass is 332 g/mol. The van der Waals surface area contributed by atoms with Crippen molar-refractivity contribution in [3.8, 4) is 0 Å². The summed E-state index contributed by atoms with van der Waals surface area (Å²) in [5.41, 5.74) is 2.53. The molecule has 0 saturated carbocycles. The number of thiophene rings is 2. The van der Waals surface area contributed by atoms with Gasteiger partial charge in [-0.3, -0.25) is 9.69 Å². The Bertz CT molecular complexity index is 645. The van der Waals surface area contributed by atoms with E-state index in [1.54, 1.807) is 17.4 Å². The third-order valence-electron chi connectivity index (χ3n) is 4.00. The van der Waals surface area contributed by atoms with E-state index in [1.807, 2.05) is 34.2 Å². The van der Waals surface area contributed by atoms with E-state index < -0.39 is 0 Å². The molecule has 1 atom stereocenters. The second-order valence-corrected chi connectivity index (χ2v) is 7.35. The van der Waals surface area contributed by atoms with Crippen LogP contribution in [0.4, 0.5) is 0 Å². The first-order valence-electron chi connectivity index (χ1n) is 7.50. The lowest BCUT2D eigenvalue weighted by Gasteiger charge is -2.32. The number of carbonyl (C=O) groups excluding carboxylic acids is 1. The molecule has 3 heterocycles. The molecule has 3 rings (SSSR count). The molecule has 0 aliphatic carbocycles. The number of hydrogen-bond acceptors (Lipinski definition) is 4. The zero-order chi connectivity index (χ0) is 15.4. The summed E-state index contributed by atoms with van der Waals surface area (Å²) in [5, 5.41) is 9.21. The van der Waals surface area contributed by atoms with Crippen LogP contribution in [0.2, 0.25) is 0 Å². The van der Waals surface area contributed by atoms with Gasteiger partial charge in [0.25, 0.3) is 0 Å². The molecule has 0 unspecified atom stereocenters. The first-order chi connectivity index (χ1) is 10.7. The summed E-state index contributed by atoms with van der Waals surface area (Å²) in [6.07, 6.45) is 4.60. The highest BCUT2D eigenvalue weighted by Crippen LogP contribution is 2.24. The normalized spacial score (nSPS) is 16.6. The molecular formula is C17H20N2OS2. The molecule has 1 aliphatic rings. The summed E-state index contributed by atoms with van der Waals surface area (Å²) in [5.74, 6) is -0.0220. The lowest BCUT2D eigenvalue weighted by molar-refractivity contribution is -0.116. The van der Waals surface area contributed by atoms with E-state index in [2.05, 4.69) is 28.6 Å². The van der Waals surface area contributed by atoms with Crippen LogP contribution in [0, 0.1) is 0 Å². The second kappa shape index (κ2) is 7.22. The van der Waals surface area contributed by atoms with E-state index in [0.29, 0.717) is 12.6 Å². The molecule has 0 radical (unpaired) electrons. The molecule has 1 aliphatic heterocycles. The lowest BCUT2D eigenvalue weighted by Crippen LogP contribution is -2.43. The lowest BCUT2D eigenvalue weighted by atomic mass is 10.1. The highest BCUT2D eigenvalue weighted by molar-refractivity contribution is 7.10. The fourth-order valence-electron chi connectivity index (χ4n) is 2.62. The third kappa shape index (κ3) is 3.85. The Morgan fingerprint density at radius 1 is 1.45 bits per heavy atom. The van der Waals surface area contributed by atoms with Gasteiger partial charge in [-0.05, 0) is 58.8 Å². The van der Waals surface area contributed by atoms with Crippen molar-refractivity contribution in [2.75, 3.05) is 13.1 Å². The van der Waals surface area contributed by atoms with Gasteiger partial charge in [0.2, 0.25) is 5.91 Å². The van der Waals surface area contributed by atoms with Crippen molar-refractivity contribution in [1.82, 2.24) is 10.2 Å². The molecule has 0 bridgehead atoms. The molecule has 3 nitrogen and oxygen atoms in total. The number of rotatable bonds is 5. The zero-order valence-electron chi connectivity index (χ0n) is 12.6. The molecule has 1 amide bonds. The summed E-state index contributed by atoms with van der Waals surface area (Å²) in [4.78, 5) is 15.8. The number of nitrogens with one attached hydrogen (secondary N) is 1. The standard InChI is InChI=1S/C17H20N2OS2/c1-13(19-7-4-16-15(11-19)6-9-22-16)10-18-17(20)3-2-14-5-8-21-12-14/h2-3,5-6,8-9,12-13H,4,7,10-11H2,1H3,(H,18,20)/b3-2+/t13-/m1/s1. The molecule has 0 fully saturated rings. The Morgan fingerprint density at radius 3 is 3.18 bits per heavy atom. The fraction of sp³-hybridized carbons (Fsp3) is 0.353. The van der Waals surface area contributed by atoms with E-state index in [4.69, 9.17) is 0 Å². The number of hydrogen-bond donors (Lipinski definition) is 1. The Hall–Kier alpha value is -1.43. The Labute approximate surface area is 139 Å². The van der Waals surface area contributed by atoms with Crippen molar-refractivity contribution >= 4 is 34.7 Å². The molecule has 0 spiro atoms. The van der Waals surface area contributed by atoms with Gasteiger partial charge >= 0.3 is 0 Å². The molecule has 0 aromatic carbocycles. The molecule has 5 heteroatoms. The minimum absolute atomic E-state index is 0.0220. The summed E-state index contributed by atoms with van der Waals surface area (Å²) >= 11 is 3.49. The first kappa shape index (κ1) is 15.5. The van der Waals surface area contributed by atoms with E-state index in [-0.39, 0.29) is 5.91 Å². The minimum atomic E-state index is -0.0220. The smallest absolute Gasteiger partial charge is 0.244 e. The highest BCUT2D eigenvalue weighted by atomic mass is 32.1. The van der Waals surface area contributed by atoms with Crippen molar-refractivity contribution in [3.63, 3.8) is 0 Å².